The van der Waals surface area contributed by atoms with Crippen molar-refractivity contribution in [2.24, 2.45) is 0 Å². The summed E-state index contributed by atoms with van der Waals surface area (Å²) in [6, 6.07) is 8.48. The number of nitrogens with zero attached hydrogens (tertiary/aromatic N) is 2. The Morgan fingerprint density at radius 1 is 1.29 bits per heavy atom. The van der Waals surface area contributed by atoms with E-state index >= 15 is 0 Å². The van der Waals surface area contributed by atoms with Gasteiger partial charge in [0.25, 0.3) is 0 Å². The first-order valence-corrected chi connectivity index (χ1v) is 6.05. The number of imidazole rings is 1. The van der Waals surface area contributed by atoms with Crippen LogP contribution in [0.25, 0.3) is 0 Å². The first-order valence-electron chi connectivity index (χ1n) is 6.05. The third kappa shape index (κ3) is 2.94. The fourth-order valence-corrected chi connectivity index (χ4v) is 1.86. The summed E-state index contributed by atoms with van der Waals surface area (Å²) < 4.78 is 2.20. The predicted octanol–water partition coefficient (Wildman–Crippen LogP) is 2.35. The summed E-state index contributed by atoms with van der Waals surface area (Å²) in [4.78, 5) is 4.22. The molecule has 0 aliphatic heterocycles. The van der Waals surface area contributed by atoms with Crippen LogP contribution in [-0.2, 0) is 13.1 Å². The summed E-state index contributed by atoms with van der Waals surface area (Å²) in [5.74, 6) is 0. The number of hydrogen-bond donors (Lipinski definition) is 1. The molecular formula is C14H19N3. The molecule has 2 rings (SSSR count). The zero-order chi connectivity index (χ0) is 12.1. The fraction of sp³-hybridized carbons (Fsp3) is 0.357. The van der Waals surface area contributed by atoms with Crippen molar-refractivity contribution in [3.05, 3.63) is 53.6 Å². The van der Waals surface area contributed by atoms with Gasteiger partial charge in [0.15, 0.2) is 0 Å². The van der Waals surface area contributed by atoms with E-state index in [1.165, 1.54) is 16.8 Å². The maximum Gasteiger partial charge on any atom is 0.0951 e. The van der Waals surface area contributed by atoms with Crippen molar-refractivity contribution in [2.75, 3.05) is 6.54 Å². The van der Waals surface area contributed by atoms with Crippen LogP contribution >= 0.6 is 0 Å². The van der Waals surface area contributed by atoms with Crippen LogP contribution in [0.15, 0.2) is 36.8 Å². The second-order valence-corrected chi connectivity index (χ2v) is 4.22. The zero-order valence-corrected chi connectivity index (χ0v) is 10.5. The molecule has 0 radical (unpaired) electrons. The Labute approximate surface area is 103 Å². The van der Waals surface area contributed by atoms with Crippen LogP contribution < -0.4 is 5.32 Å². The van der Waals surface area contributed by atoms with Crippen LogP contribution in [0.2, 0.25) is 0 Å². The lowest BCUT2D eigenvalue weighted by Crippen LogP contribution is -2.15. The van der Waals surface area contributed by atoms with Crippen LogP contribution in [0.3, 0.4) is 0 Å². The summed E-state index contributed by atoms with van der Waals surface area (Å²) in [7, 11) is 0. The SMILES string of the molecule is CCNCc1cncn1Cc1ccccc1C. The topological polar surface area (TPSA) is 29.9 Å². The molecule has 1 aromatic heterocycles. The van der Waals surface area contributed by atoms with E-state index in [1.54, 1.807) is 0 Å². The number of benzene rings is 1. The Morgan fingerprint density at radius 3 is 2.88 bits per heavy atom. The largest absolute Gasteiger partial charge is 0.329 e. The summed E-state index contributed by atoms with van der Waals surface area (Å²) in [6.45, 7) is 7.02. The van der Waals surface area contributed by atoms with Crippen LogP contribution in [-0.4, -0.2) is 16.1 Å². The van der Waals surface area contributed by atoms with Gasteiger partial charge in [-0.2, -0.15) is 0 Å². The lowest BCUT2D eigenvalue weighted by Gasteiger charge is -2.10. The molecule has 0 aliphatic carbocycles. The van der Waals surface area contributed by atoms with Crippen molar-refractivity contribution in [1.29, 1.82) is 0 Å². The maximum absolute atomic E-state index is 4.22. The molecule has 2 aromatic rings. The number of nitrogens with one attached hydrogen (secondary N) is 1. The average Bonchev–Trinajstić information content (AvgIpc) is 2.77. The van der Waals surface area contributed by atoms with Crippen molar-refractivity contribution < 1.29 is 0 Å². The molecule has 0 aliphatic rings. The Morgan fingerprint density at radius 2 is 2.12 bits per heavy atom. The molecule has 0 saturated carbocycles. The van der Waals surface area contributed by atoms with E-state index in [0.29, 0.717) is 0 Å². The normalized spacial score (nSPS) is 10.7. The Hall–Kier alpha value is -1.61. The highest BCUT2D eigenvalue weighted by Crippen LogP contribution is 2.10. The van der Waals surface area contributed by atoms with E-state index in [2.05, 4.69) is 53.0 Å². The van der Waals surface area contributed by atoms with Crippen LogP contribution in [0.4, 0.5) is 0 Å². The second kappa shape index (κ2) is 5.64. The Balaban J connectivity index is 2.13. The molecule has 0 bridgehead atoms. The third-order valence-corrected chi connectivity index (χ3v) is 2.96. The molecule has 90 valence electrons. The molecule has 1 aromatic carbocycles. The van der Waals surface area contributed by atoms with Crippen molar-refractivity contribution in [1.82, 2.24) is 14.9 Å². The third-order valence-electron chi connectivity index (χ3n) is 2.96. The fourth-order valence-electron chi connectivity index (χ4n) is 1.86. The minimum atomic E-state index is 0.877. The molecule has 0 atom stereocenters. The van der Waals surface area contributed by atoms with Gasteiger partial charge in [-0.15, -0.1) is 0 Å². The van der Waals surface area contributed by atoms with Gasteiger partial charge in [-0.1, -0.05) is 31.2 Å². The Kier molecular flexibility index (Phi) is 3.94. The number of rotatable bonds is 5. The number of aryl methyl sites for hydroxylation is 1. The van der Waals surface area contributed by atoms with E-state index < -0.39 is 0 Å². The van der Waals surface area contributed by atoms with E-state index in [1.807, 2.05) is 12.5 Å². The van der Waals surface area contributed by atoms with Gasteiger partial charge in [0, 0.05) is 19.3 Å². The van der Waals surface area contributed by atoms with Gasteiger partial charge in [0.05, 0.1) is 12.0 Å². The molecule has 0 amide bonds. The smallest absolute Gasteiger partial charge is 0.0951 e. The summed E-state index contributed by atoms with van der Waals surface area (Å²) in [5, 5.41) is 3.33. The van der Waals surface area contributed by atoms with Crippen molar-refractivity contribution >= 4 is 0 Å². The standard InChI is InChI=1S/C14H19N3/c1-3-15-8-14-9-16-11-17(14)10-13-7-5-4-6-12(13)2/h4-7,9,11,15H,3,8,10H2,1-2H3. The molecule has 0 unspecified atom stereocenters. The summed E-state index contributed by atoms with van der Waals surface area (Å²) in [5.41, 5.74) is 3.91. The van der Waals surface area contributed by atoms with Crippen LogP contribution in [0, 0.1) is 6.92 Å². The summed E-state index contributed by atoms with van der Waals surface area (Å²) in [6.07, 6.45) is 3.83. The van der Waals surface area contributed by atoms with E-state index in [-0.39, 0.29) is 0 Å². The lowest BCUT2D eigenvalue weighted by molar-refractivity contribution is 0.656. The van der Waals surface area contributed by atoms with Gasteiger partial charge in [0.2, 0.25) is 0 Å². The first-order chi connectivity index (χ1) is 8.31. The van der Waals surface area contributed by atoms with Crippen molar-refractivity contribution in [3.8, 4) is 0 Å². The van der Waals surface area contributed by atoms with Gasteiger partial charge in [-0.3, -0.25) is 0 Å². The van der Waals surface area contributed by atoms with Gasteiger partial charge in [-0.25, -0.2) is 4.98 Å². The van der Waals surface area contributed by atoms with Crippen LogP contribution in [0.1, 0.15) is 23.7 Å². The maximum atomic E-state index is 4.22. The van der Waals surface area contributed by atoms with Crippen molar-refractivity contribution in [2.45, 2.75) is 26.9 Å². The monoisotopic (exact) mass is 229 g/mol. The second-order valence-electron chi connectivity index (χ2n) is 4.22. The molecule has 0 fully saturated rings. The van der Waals surface area contributed by atoms with Gasteiger partial charge < -0.3 is 9.88 Å². The molecule has 17 heavy (non-hydrogen) atoms. The molecule has 1 heterocycles. The molecule has 3 heteroatoms. The molecule has 3 nitrogen and oxygen atoms in total. The van der Waals surface area contributed by atoms with E-state index in [4.69, 9.17) is 0 Å². The van der Waals surface area contributed by atoms with E-state index in [0.717, 1.165) is 19.6 Å². The lowest BCUT2D eigenvalue weighted by atomic mass is 10.1. The minimum Gasteiger partial charge on any atom is -0.329 e. The quantitative estimate of drug-likeness (QED) is 0.853. The number of aromatic nitrogens is 2. The van der Waals surface area contributed by atoms with Gasteiger partial charge in [-0.05, 0) is 24.6 Å². The molecular weight excluding hydrogens is 210 g/mol. The van der Waals surface area contributed by atoms with Gasteiger partial charge >= 0.3 is 0 Å². The van der Waals surface area contributed by atoms with Gasteiger partial charge in [0.1, 0.15) is 0 Å². The highest BCUT2D eigenvalue weighted by molar-refractivity contribution is 5.26. The molecule has 0 spiro atoms. The minimum absolute atomic E-state index is 0.877. The number of hydrogen-bond acceptors (Lipinski definition) is 2. The Bertz CT molecular complexity index is 474. The highest BCUT2D eigenvalue weighted by atomic mass is 15.1. The molecule has 0 saturated heterocycles. The summed E-state index contributed by atoms with van der Waals surface area (Å²) >= 11 is 0. The average molecular weight is 229 g/mol. The van der Waals surface area contributed by atoms with Crippen LogP contribution in [0.5, 0.6) is 0 Å². The van der Waals surface area contributed by atoms with E-state index in [9.17, 15) is 0 Å². The first kappa shape index (κ1) is 11.9. The predicted molar refractivity (Wildman–Crippen MR) is 69.9 cm³/mol. The van der Waals surface area contributed by atoms with Crippen molar-refractivity contribution in [3.63, 3.8) is 0 Å². The highest BCUT2D eigenvalue weighted by Gasteiger charge is 2.03. The zero-order valence-electron chi connectivity index (χ0n) is 10.5. The molecule has 1 N–H and O–H groups in total.